The normalized spacial score (nSPS) is 12.6. The molecule has 0 heterocycles. The molecule has 0 unspecified atom stereocenters. The second kappa shape index (κ2) is 5.67. The van der Waals surface area contributed by atoms with Crippen LogP contribution in [0.3, 0.4) is 0 Å². The lowest BCUT2D eigenvalue weighted by Gasteiger charge is -2.10. The second-order valence-corrected chi connectivity index (χ2v) is 3.17. The van der Waals surface area contributed by atoms with Crippen LogP contribution in [0, 0.1) is 5.82 Å². The molecule has 0 aliphatic carbocycles. The number of methoxy groups -OCH3 is 1. The van der Waals surface area contributed by atoms with Crippen molar-refractivity contribution < 1.29 is 32.2 Å². The van der Waals surface area contributed by atoms with Crippen molar-refractivity contribution in [1.29, 1.82) is 0 Å². The van der Waals surface area contributed by atoms with Crippen LogP contribution >= 0.6 is 0 Å². The molecule has 8 heteroatoms. The van der Waals surface area contributed by atoms with Gasteiger partial charge in [0.2, 0.25) is 0 Å². The van der Waals surface area contributed by atoms with Gasteiger partial charge in [0.15, 0.2) is 11.6 Å². The molecule has 0 spiro atoms. The third-order valence-electron chi connectivity index (χ3n) is 1.89. The molecule has 0 atom stereocenters. The minimum absolute atomic E-state index is 0.0186. The molecular weight excluding hydrogens is 258 g/mol. The highest BCUT2D eigenvalue weighted by molar-refractivity contribution is 6.01. The Morgan fingerprint density at radius 2 is 2.06 bits per heavy atom. The minimum Gasteiger partial charge on any atom is -0.411 e. The molecule has 0 saturated heterocycles. The molecule has 0 aliphatic heterocycles. The van der Waals surface area contributed by atoms with Crippen LogP contribution in [0.25, 0.3) is 0 Å². The highest BCUT2D eigenvalue weighted by atomic mass is 19.4. The number of ether oxygens (including phenoxy) is 2. The molecule has 0 fully saturated rings. The molecule has 0 amide bonds. The zero-order valence-electron chi connectivity index (χ0n) is 9.16. The van der Waals surface area contributed by atoms with Crippen LogP contribution in [-0.4, -0.2) is 31.0 Å². The van der Waals surface area contributed by atoms with Crippen molar-refractivity contribution in [3.8, 4) is 5.75 Å². The molecule has 0 saturated carbocycles. The number of hydrogen-bond donors (Lipinski definition) is 1. The largest absolute Gasteiger partial charge is 0.573 e. The van der Waals surface area contributed by atoms with Crippen molar-refractivity contribution in [3.05, 3.63) is 29.6 Å². The van der Waals surface area contributed by atoms with Gasteiger partial charge in [-0.05, 0) is 18.2 Å². The number of alkyl halides is 3. The summed E-state index contributed by atoms with van der Waals surface area (Å²) in [5.41, 5.74) is 0.0707. The number of oxime groups is 1. The van der Waals surface area contributed by atoms with Crippen LogP contribution < -0.4 is 4.74 Å². The summed E-state index contributed by atoms with van der Waals surface area (Å²) < 4.78 is 57.1. The molecule has 0 aliphatic rings. The predicted octanol–water partition coefficient (Wildman–Crippen LogP) is 2.55. The summed E-state index contributed by atoms with van der Waals surface area (Å²) >= 11 is 0. The lowest BCUT2D eigenvalue weighted by Crippen LogP contribution is -2.18. The van der Waals surface area contributed by atoms with Crippen molar-refractivity contribution in [2.45, 2.75) is 6.36 Å². The maximum Gasteiger partial charge on any atom is 0.573 e. The molecule has 0 radical (unpaired) electrons. The minimum atomic E-state index is -4.97. The number of hydrogen-bond acceptors (Lipinski definition) is 4. The summed E-state index contributed by atoms with van der Waals surface area (Å²) in [6.45, 7) is -0.116. The Kier molecular flexibility index (Phi) is 4.49. The number of rotatable bonds is 4. The van der Waals surface area contributed by atoms with Crippen LogP contribution in [0.15, 0.2) is 23.4 Å². The third-order valence-corrected chi connectivity index (χ3v) is 1.89. The maximum atomic E-state index is 13.3. The summed E-state index contributed by atoms with van der Waals surface area (Å²) in [6, 6.07) is 2.67. The van der Waals surface area contributed by atoms with E-state index in [2.05, 4.69) is 14.6 Å². The highest BCUT2D eigenvalue weighted by Crippen LogP contribution is 2.26. The van der Waals surface area contributed by atoms with Gasteiger partial charge in [-0.2, -0.15) is 0 Å². The van der Waals surface area contributed by atoms with Crippen molar-refractivity contribution >= 4 is 5.71 Å². The zero-order valence-corrected chi connectivity index (χ0v) is 9.16. The fraction of sp³-hybridized carbons (Fsp3) is 0.300. The molecule has 0 bridgehead atoms. The van der Waals surface area contributed by atoms with Gasteiger partial charge in [0.25, 0.3) is 0 Å². The lowest BCUT2D eigenvalue weighted by molar-refractivity contribution is -0.275. The molecular formula is C10H9F4NO3. The summed E-state index contributed by atoms with van der Waals surface area (Å²) in [5, 5.41) is 11.5. The average molecular weight is 267 g/mol. The van der Waals surface area contributed by atoms with Gasteiger partial charge in [0.05, 0.1) is 6.61 Å². The number of nitrogens with zero attached hydrogens (tertiary/aromatic N) is 1. The Morgan fingerprint density at radius 3 is 2.50 bits per heavy atom. The first kappa shape index (κ1) is 14.2. The van der Waals surface area contributed by atoms with Gasteiger partial charge in [0.1, 0.15) is 5.71 Å². The lowest BCUT2D eigenvalue weighted by atomic mass is 10.1. The monoisotopic (exact) mass is 267 g/mol. The first-order chi connectivity index (χ1) is 8.37. The van der Waals surface area contributed by atoms with Crippen molar-refractivity contribution in [3.63, 3.8) is 0 Å². The van der Waals surface area contributed by atoms with Gasteiger partial charge in [0, 0.05) is 12.7 Å². The van der Waals surface area contributed by atoms with Gasteiger partial charge in [-0.15, -0.1) is 13.2 Å². The quantitative estimate of drug-likeness (QED) is 0.395. The topological polar surface area (TPSA) is 51.0 Å². The Morgan fingerprint density at radius 1 is 1.39 bits per heavy atom. The Balaban J connectivity index is 2.98. The van der Waals surface area contributed by atoms with E-state index in [0.29, 0.717) is 0 Å². The van der Waals surface area contributed by atoms with E-state index in [1.54, 1.807) is 0 Å². The van der Waals surface area contributed by atoms with E-state index in [0.717, 1.165) is 18.2 Å². The standard InChI is InChI=1S/C10H9F4NO3/c1-17-5-8(15-16)6-2-3-9(7(11)4-6)18-10(12,13)14/h2-4,16H,5H2,1H3/b15-8+. The molecule has 1 N–H and O–H groups in total. The van der Waals surface area contributed by atoms with E-state index >= 15 is 0 Å². The van der Waals surface area contributed by atoms with E-state index in [4.69, 9.17) is 5.21 Å². The van der Waals surface area contributed by atoms with Gasteiger partial charge < -0.3 is 14.7 Å². The predicted molar refractivity (Wildman–Crippen MR) is 53.3 cm³/mol. The van der Waals surface area contributed by atoms with E-state index in [1.807, 2.05) is 0 Å². The van der Waals surface area contributed by atoms with Crippen molar-refractivity contribution in [1.82, 2.24) is 0 Å². The van der Waals surface area contributed by atoms with Gasteiger partial charge >= 0.3 is 6.36 Å². The van der Waals surface area contributed by atoms with Gasteiger partial charge in [-0.3, -0.25) is 0 Å². The SMILES string of the molecule is COC/C(=N\O)c1ccc(OC(F)(F)F)c(F)c1. The van der Waals surface area contributed by atoms with Crippen LogP contribution in [0.1, 0.15) is 5.56 Å². The fourth-order valence-corrected chi connectivity index (χ4v) is 1.19. The fourth-order valence-electron chi connectivity index (χ4n) is 1.19. The van der Waals surface area contributed by atoms with E-state index in [9.17, 15) is 17.6 Å². The molecule has 100 valence electrons. The second-order valence-electron chi connectivity index (χ2n) is 3.17. The van der Waals surface area contributed by atoms with Crippen LogP contribution in [0.4, 0.5) is 17.6 Å². The maximum absolute atomic E-state index is 13.3. The molecule has 18 heavy (non-hydrogen) atoms. The number of benzene rings is 1. The smallest absolute Gasteiger partial charge is 0.411 e. The Hall–Kier alpha value is -1.83. The Bertz CT molecular complexity index is 445. The third kappa shape index (κ3) is 3.88. The Labute approximate surface area is 99.4 Å². The molecule has 0 aromatic heterocycles. The molecule has 1 rings (SSSR count). The molecule has 1 aromatic carbocycles. The van der Waals surface area contributed by atoms with E-state index in [1.165, 1.54) is 7.11 Å². The van der Waals surface area contributed by atoms with Gasteiger partial charge in [-0.1, -0.05) is 5.16 Å². The summed E-state index contributed by atoms with van der Waals surface area (Å²) in [6.07, 6.45) is -4.97. The average Bonchev–Trinajstić information content (AvgIpc) is 2.27. The van der Waals surface area contributed by atoms with Crippen LogP contribution in [-0.2, 0) is 4.74 Å². The van der Waals surface area contributed by atoms with E-state index < -0.39 is 17.9 Å². The van der Waals surface area contributed by atoms with Crippen LogP contribution in [0.2, 0.25) is 0 Å². The first-order valence-electron chi connectivity index (χ1n) is 4.63. The molecule has 4 nitrogen and oxygen atoms in total. The highest BCUT2D eigenvalue weighted by Gasteiger charge is 2.32. The molecule has 1 aromatic rings. The van der Waals surface area contributed by atoms with E-state index in [-0.39, 0.29) is 17.9 Å². The van der Waals surface area contributed by atoms with Crippen molar-refractivity contribution in [2.75, 3.05) is 13.7 Å². The zero-order chi connectivity index (χ0) is 13.8. The first-order valence-corrected chi connectivity index (χ1v) is 4.63. The summed E-state index contributed by atoms with van der Waals surface area (Å²) in [4.78, 5) is 0. The van der Waals surface area contributed by atoms with Crippen molar-refractivity contribution in [2.24, 2.45) is 5.16 Å². The summed E-state index contributed by atoms with van der Waals surface area (Å²) in [7, 11) is 1.32. The number of halogens is 4. The summed E-state index contributed by atoms with van der Waals surface area (Å²) in [5.74, 6) is -2.18. The van der Waals surface area contributed by atoms with Gasteiger partial charge in [-0.25, -0.2) is 4.39 Å². The van der Waals surface area contributed by atoms with Crippen LogP contribution in [0.5, 0.6) is 5.75 Å².